The van der Waals surface area contributed by atoms with E-state index in [2.05, 4.69) is 24.7 Å². The molecule has 1 aliphatic heterocycles. The smallest absolute Gasteiger partial charge is 0.0214 e. The molecular weight excluding hydrogens is 158 g/mol. The van der Waals surface area contributed by atoms with E-state index in [1.807, 2.05) is 0 Å². The Morgan fingerprint density at radius 2 is 2.15 bits per heavy atom. The summed E-state index contributed by atoms with van der Waals surface area (Å²) >= 11 is 0. The Labute approximate surface area is 82.5 Å². The molecular formula is C12H21N. The number of hydrogen-bond acceptors (Lipinski definition) is 1. The fraction of sp³-hybridized carbons (Fsp3) is 0.833. The van der Waals surface area contributed by atoms with Gasteiger partial charge in [0.1, 0.15) is 0 Å². The second-order valence-corrected chi connectivity index (χ2v) is 4.85. The van der Waals surface area contributed by atoms with E-state index in [4.69, 9.17) is 6.42 Å². The number of hydrogen-bond donors (Lipinski definition) is 0. The summed E-state index contributed by atoms with van der Waals surface area (Å²) in [7, 11) is 0. The third-order valence-corrected chi connectivity index (χ3v) is 2.80. The van der Waals surface area contributed by atoms with Crippen LogP contribution in [0, 0.1) is 17.8 Å². The van der Waals surface area contributed by atoms with Crippen molar-refractivity contribution >= 4 is 0 Å². The van der Waals surface area contributed by atoms with Crippen LogP contribution < -0.4 is 0 Å². The summed E-state index contributed by atoms with van der Waals surface area (Å²) in [5, 5.41) is 0. The topological polar surface area (TPSA) is 3.24 Å². The van der Waals surface area contributed by atoms with Crippen molar-refractivity contribution in [2.75, 3.05) is 19.6 Å². The molecule has 0 amide bonds. The highest BCUT2D eigenvalue weighted by molar-refractivity contribution is 4.86. The predicted molar refractivity (Wildman–Crippen MR) is 57.5 cm³/mol. The number of likely N-dealkylation sites (tertiary alicyclic amines) is 1. The van der Waals surface area contributed by atoms with Crippen molar-refractivity contribution in [3.63, 3.8) is 0 Å². The zero-order valence-electron chi connectivity index (χ0n) is 8.97. The first-order valence-electron chi connectivity index (χ1n) is 5.30. The van der Waals surface area contributed by atoms with Crippen molar-refractivity contribution in [3.8, 4) is 12.3 Å². The molecule has 1 heterocycles. The molecule has 1 saturated heterocycles. The number of terminal acetylenes is 1. The van der Waals surface area contributed by atoms with Crippen LogP contribution in [0.15, 0.2) is 0 Å². The Hall–Kier alpha value is -0.480. The summed E-state index contributed by atoms with van der Waals surface area (Å²) < 4.78 is 0. The normalized spacial score (nSPS) is 23.5. The van der Waals surface area contributed by atoms with Crippen LogP contribution in [0.25, 0.3) is 0 Å². The van der Waals surface area contributed by atoms with Crippen LogP contribution in [0.5, 0.6) is 0 Å². The van der Waals surface area contributed by atoms with Crippen LogP contribution in [0.3, 0.4) is 0 Å². The SMILES string of the molecule is C#CCCN1CCCCC(C)(C)C1. The van der Waals surface area contributed by atoms with Gasteiger partial charge in [-0.05, 0) is 24.8 Å². The Kier molecular flexibility index (Phi) is 3.81. The van der Waals surface area contributed by atoms with Crippen LogP contribution in [0.4, 0.5) is 0 Å². The zero-order chi connectivity index (χ0) is 9.73. The van der Waals surface area contributed by atoms with Gasteiger partial charge in [0.2, 0.25) is 0 Å². The fourth-order valence-electron chi connectivity index (χ4n) is 2.12. The van der Waals surface area contributed by atoms with E-state index in [1.54, 1.807) is 0 Å². The maximum Gasteiger partial charge on any atom is 0.0214 e. The summed E-state index contributed by atoms with van der Waals surface area (Å²) in [5.41, 5.74) is 0.491. The molecule has 0 unspecified atom stereocenters. The summed E-state index contributed by atoms with van der Waals surface area (Å²) in [4.78, 5) is 2.52. The highest BCUT2D eigenvalue weighted by atomic mass is 15.1. The lowest BCUT2D eigenvalue weighted by Gasteiger charge is -2.28. The van der Waals surface area contributed by atoms with E-state index in [0.717, 1.165) is 13.0 Å². The van der Waals surface area contributed by atoms with Gasteiger partial charge in [0.05, 0.1) is 0 Å². The minimum absolute atomic E-state index is 0.491. The summed E-state index contributed by atoms with van der Waals surface area (Å²) in [6.07, 6.45) is 10.3. The zero-order valence-corrected chi connectivity index (χ0v) is 8.97. The molecule has 1 rings (SSSR count). The molecule has 0 aromatic rings. The van der Waals surface area contributed by atoms with Crippen molar-refractivity contribution in [2.24, 2.45) is 5.41 Å². The minimum Gasteiger partial charge on any atom is -0.302 e. The fourth-order valence-corrected chi connectivity index (χ4v) is 2.12. The molecule has 0 radical (unpaired) electrons. The van der Waals surface area contributed by atoms with E-state index >= 15 is 0 Å². The average Bonchev–Trinajstić information content (AvgIpc) is 2.22. The second-order valence-electron chi connectivity index (χ2n) is 4.85. The van der Waals surface area contributed by atoms with E-state index in [9.17, 15) is 0 Å². The molecule has 0 spiro atoms. The molecule has 1 fully saturated rings. The van der Waals surface area contributed by atoms with Crippen molar-refractivity contribution < 1.29 is 0 Å². The van der Waals surface area contributed by atoms with Gasteiger partial charge in [0.15, 0.2) is 0 Å². The molecule has 13 heavy (non-hydrogen) atoms. The molecule has 1 heteroatoms. The molecule has 0 bridgehead atoms. The van der Waals surface area contributed by atoms with Crippen molar-refractivity contribution in [1.29, 1.82) is 0 Å². The lowest BCUT2D eigenvalue weighted by atomic mass is 9.88. The third kappa shape index (κ3) is 3.83. The van der Waals surface area contributed by atoms with Gasteiger partial charge in [-0.25, -0.2) is 0 Å². The Bertz CT molecular complexity index is 188. The van der Waals surface area contributed by atoms with Crippen LogP contribution in [-0.2, 0) is 0 Å². The summed E-state index contributed by atoms with van der Waals surface area (Å²) in [6.45, 7) is 8.27. The molecule has 1 aliphatic rings. The predicted octanol–water partition coefficient (Wildman–Crippen LogP) is 2.52. The van der Waals surface area contributed by atoms with E-state index in [-0.39, 0.29) is 0 Å². The molecule has 1 nitrogen and oxygen atoms in total. The monoisotopic (exact) mass is 179 g/mol. The molecule has 0 aromatic heterocycles. The van der Waals surface area contributed by atoms with Crippen molar-refractivity contribution in [1.82, 2.24) is 4.90 Å². The molecule has 0 saturated carbocycles. The second kappa shape index (κ2) is 4.67. The lowest BCUT2D eigenvalue weighted by Crippen LogP contribution is -2.33. The molecule has 0 aliphatic carbocycles. The van der Waals surface area contributed by atoms with Gasteiger partial charge < -0.3 is 4.90 Å². The third-order valence-electron chi connectivity index (χ3n) is 2.80. The first-order valence-corrected chi connectivity index (χ1v) is 5.30. The van der Waals surface area contributed by atoms with E-state index < -0.39 is 0 Å². The van der Waals surface area contributed by atoms with Gasteiger partial charge >= 0.3 is 0 Å². The van der Waals surface area contributed by atoms with Gasteiger partial charge in [0, 0.05) is 19.5 Å². The van der Waals surface area contributed by atoms with Crippen molar-refractivity contribution in [2.45, 2.75) is 39.5 Å². The van der Waals surface area contributed by atoms with Crippen LogP contribution >= 0.6 is 0 Å². The van der Waals surface area contributed by atoms with Gasteiger partial charge in [-0.1, -0.05) is 20.3 Å². The summed E-state index contributed by atoms with van der Waals surface area (Å²) in [6, 6.07) is 0. The van der Waals surface area contributed by atoms with Gasteiger partial charge in [0.25, 0.3) is 0 Å². The first-order chi connectivity index (χ1) is 6.14. The van der Waals surface area contributed by atoms with Gasteiger partial charge in [-0.15, -0.1) is 12.3 Å². The van der Waals surface area contributed by atoms with Crippen LogP contribution in [0.2, 0.25) is 0 Å². The Balaban J connectivity index is 2.41. The van der Waals surface area contributed by atoms with Gasteiger partial charge in [-0.3, -0.25) is 0 Å². The quantitative estimate of drug-likeness (QED) is 0.589. The molecule has 74 valence electrons. The number of rotatable bonds is 2. The number of nitrogens with zero attached hydrogens (tertiary/aromatic N) is 1. The first kappa shape index (κ1) is 10.6. The highest BCUT2D eigenvalue weighted by Crippen LogP contribution is 2.27. The van der Waals surface area contributed by atoms with E-state index in [1.165, 1.54) is 32.4 Å². The molecule has 0 aromatic carbocycles. The van der Waals surface area contributed by atoms with Crippen LogP contribution in [0.1, 0.15) is 39.5 Å². The highest BCUT2D eigenvalue weighted by Gasteiger charge is 2.23. The lowest BCUT2D eigenvalue weighted by molar-refractivity contribution is 0.199. The molecule has 0 N–H and O–H groups in total. The van der Waals surface area contributed by atoms with Crippen LogP contribution in [-0.4, -0.2) is 24.5 Å². The average molecular weight is 179 g/mol. The standard InChI is InChI=1S/C12H21N/c1-4-5-9-13-10-7-6-8-12(2,3)11-13/h1H,5-11H2,2-3H3. The Morgan fingerprint density at radius 1 is 1.38 bits per heavy atom. The largest absolute Gasteiger partial charge is 0.302 e. The Morgan fingerprint density at radius 3 is 2.85 bits per heavy atom. The maximum absolute atomic E-state index is 5.28. The van der Waals surface area contributed by atoms with E-state index in [0.29, 0.717) is 5.41 Å². The minimum atomic E-state index is 0.491. The maximum atomic E-state index is 5.28. The summed E-state index contributed by atoms with van der Waals surface area (Å²) in [5.74, 6) is 2.72. The molecule has 0 atom stereocenters. The van der Waals surface area contributed by atoms with Crippen molar-refractivity contribution in [3.05, 3.63) is 0 Å². The van der Waals surface area contributed by atoms with Gasteiger partial charge in [-0.2, -0.15) is 0 Å².